The summed E-state index contributed by atoms with van der Waals surface area (Å²) in [4.78, 5) is 9.36. The molecule has 2 N–H and O–H groups in total. The van der Waals surface area contributed by atoms with Crippen molar-refractivity contribution < 1.29 is 4.74 Å². The molecule has 0 aliphatic carbocycles. The zero-order valence-corrected chi connectivity index (χ0v) is 17.6. The third kappa shape index (κ3) is 6.76. The van der Waals surface area contributed by atoms with Crippen molar-refractivity contribution in [3.8, 4) is 0 Å². The quantitative estimate of drug-likeness (QED) is 0.554. The molecule has 0 aromatic heterocycles. The Kier molecular flexibility index (Phi) is 8.58. The molecule has 2 aliphatic rings. The highest BCUT2D eigenvalue weighted by molar-refractivity contribution is 5.79. The summed E-state index contributed by atoms with van der Waals surface area (Å²) in [6.07, 6.45) is 4.05. The second-order valence-electron chi connectivity index (χ2n) is 7.94. The number of piperidine rings is 1. The summed E-state index contributed by atoms with van der Waals surface area (Å²) in [5.41, 5.74) is 2.69. The first-order valence-corrected chi connectivity index (χ1v) is 10.8. The first kappa shape index (κ1) is 21.1. The van der Waals surface area contributed by atoms with Gasteiger partial charge in [0.05, 0.1) is 13.2 Å². The van der Waals surface area contributed by atoms with Crippen LogP contribution in [0.1, 0.15) is 37.3 Å². The van der Waals surface area contributed by atoms with Crippen molar-refractivity contribution in [2.45, 2.75) is 45.3 Å². The van der Waals surface area contributed by atoms with Gasteiger partial charge < -0.3 is 15.4 Å². The maximum absolute atomic E-state index is 5.39. The minimum absolute atomic E-state index is 0.710. The third-order valence-electron chi connectivity index (χ3n) is 5.86. The normalized spacial score (nSPS) is 22.2. The minimum Gasteiger partial charge on any atom is -0.379 e. The van der Waals surface area contributed by atoms with Crippen molar-refractivity contribution in [2.75, 3.05) is 53.0 Å². The van der Waals surface area contributed by atoms with Crippen LogP contribution < -0.4 is 10.6 Å². The predicted octanol–water partition coefficient (Wildman–Crippen LogP) is 2.06. The molecule has 3 rings (SSSR count). The number of nitrogens with zero attached hydrogens (tertiary/aromatic N) is 3. The summed E-state index contributed by atoms with van der Waals surface area (Å²) in [6.45, 7) is 11.1. The smallest absolute Gasteiger partial charge is 0.191 e. The van der Waals surface area contributed by atoms with Gasteiger partial charge in [0, 0.05) is 52.4 Å². The molecule has 6 nitrogen and oxygen atoms in total. The molecule has 1 aromatic rings. The van der Waals surface area contributed by atoms with Gasteiger partial charge in [-0.25, -0.2) is 0 Å². The van der Waals surface area contributed by atoms with E-state index in [1.165, 1.54) is 36.9 Å². The Labute approximate surface area is 170 Å². The number of benzene rings is 1. The molecule has 156 valence electrons. The summed E-state index contributed by atoms with van der Waals surface area (Å²) in [5.74, 6) is 0.861. The number of nitrogens with one attached hydrogen (secondary N) is 2. The molecular formula is C22H37N5O. The number of ether oxygens (including phenoxy) is 1. The molecule has 2 heterocycles. The van der Waals surface area contributed by atoms with Gasteiger partial charge in [-0.3, -0.25) is 14.8 Å². The molecule has 2 saturated heterocycles. The van der Waals surface area contributed by atoms with Crippen LogP contribution in [0.4, 0.5) is 0 Å². The standard InChI is InChI=1S/C22H37N5O/c1-19-5-3-4-11-27(19)18-21-8-6-20(7-9-21)17-25-22(23-2)24-10-12-26-13-15-28-16-14-26/h6-9,19H,3-5,10-18H2,1-2H3,(H2,23,24,25). The second-order valence-corrected chi connectivity index (χ2v) is 7.94. The van der Waals surface area contributed by atoms with E-state index in [0.29, 0.717) is 6.04 Å². The highest BCUT2D eigenvalue weighted by atomic mass is 16.5. The van der Waals surface area contributed by atoms with E-state index >= 15 is 0 Å². The number of rotatable bonds is 7. The lowest BCUT2D eigenvalue weighted by Crippen LogP contribution is -2.44. The van der Waals surface area contributed by atoms with Crippen LogP contribution >= 0.6 is 0 Å². The van der Waals surface area contributed by atoms with Crippen molar-refractivity contribution in [3.05, 3.63) is 35.4 Å². The van der Waals surface area contributed by atoms with Crippen molar-refractivity contribution in [3.63, 3.8) is 0 Å². The molecule has 28 heavy (non-hydrogen) atoms. The maximum atomic E-state index is 5.39. The first-order valence-electron chi connectivity index (χ1n) is 10.8. The van der Waals surface area contributed by atoms with Gasteiger partial charge >= 0.3 is 0 Å². The molecule has 6 heteroatoms. The predicted molar refractivity (Wildman–Crippen MR) is 116 cm³/mol. The average molecular weight is 388 g/mol. The molecule has 2 aliphatic heterocycles. The van der Waals surface area contributed by atoms with E-state index in [1.807, 2.05) is 7.05 Å². The van der Waals surface area contributed by atoms with Gasteiger partial charge in [-0.05, 0) is 37.4 Å². The van der Waals surface area contributed by atoms with Crippen LogP contribution in [-0.4, -0.2) is 74.8 Å². The van der Waals surface area contributed by atoms with Crippen LogP contribution in [0.25, 0.3) is 0 Å². The third-order valence-corrected chi connectivity index (χ3v) is 5.86. The van der Waals surface area contributed by atoms with Crippen LogP contribution in [-0.2, 0) is 17.8 Å². The minimum atomic E-state index is 0.710. The molecule has 2 fully saturated rings. The van der Waals surface area contributed by atoms with Gasteiger partial charge in [0.25, 0.3) is 0 Å². The molecule has 0 spiro atoms. The van der Waals surface area contributed by atoms with Gasteiger partial charge in [-0.15, -0.1) is 0 Å². The number of hydrogen-bond donors (Lipinski definition) is 2. The zero-order valence-electron chi connectivity index (χ0n) is 17.6. The molecule has 1 aromatic carbocycles. The van der Waals surface area contributed by atoms with Crippen molar-refractivity contribution in [1.29, 1.82) is 0 Å². The van der Waals surface area contributed by atoms with Gasteiger partial charge in [0.15, 0.2) is 5.96 Å². The zero-order chi connectivity index (χ0) is 19.6. The summed E-state index contributed by atoms with van der Waals surface area (Å²) in [7, 11) is 1.83. The Morgan fingerprint density at radius 2 is 1.82 bits per heavy atom. The van der Waals surface area contributed by atoms with Gasteiger partial charge in [-0.2, -0.15) is 0 Å². The van der Waals surface area contributed by atoms with Crippen LogP contribution in [0.5, 0.6) is 0 Å². The summed E-state index contributed by atoms with van der Waals surface area (Å²) < 4.78 is 5.39. The highest BCUT2D eigenvalue weighted by Crippen LogP contribution is 2.19. The lowest BCUT2D eigenvalue weighted by Gasteiger charge is -2.33. The van der Waals surface area contributed by atoms with Crippen LogP contribution in [0.3, 0.4) is 0 Å². The van der Waals surface area contributed by atoms with Crippen LogP contribution in [0.2, 0.25) is 0 Å². The van der Waals surface area contributed by atoms with Crippen molar-refractivity contribution >= 4 is 5.96 Å². The fourth-order valence-corrected chi connectivity index (χ4v) is 3.95. The Morgan fingerprint density at radius 1 is 1.07 bits per heavy atom. The summed E-state index contributed by atoms with van der Waals surface area (Å²) in [6, 6.07) is 9.72. The van der Waals surface area contributed by atoms with Gasteiger partial charge in [0.1, 0.15) is 0 Å². The van der Waals surface area contributed by atoms with E-state index in [0.717, 1.165) is 58.4 Å². The molecule has 0 saturated carbocycles. The summed E-state index contributed by atoms with van der Waals surface area (Å²) >= 11 is 0. The van der Waals surface area contributed by atoms with Crippen molar-refractivity contribution in [2.24, 2.45) is 4.99 Å². The Morgan fingerprint density at radius 3 is 2.54 bits per heavy atom. The number of morpholine rings is 1. The van der Waals surface area contributed by atoms with E-state index in [2.05, 4.69) is 56.6 Å². The average Bonchev–Trinajstić information content (AvgIpc) is 2.74. The van der Waals surface area contributed by atoms with E-state index in [1.54, 1.807) is 0 Å². The molecule has 1 unspecified atom stereocenters. The number of guanidine groups is 1. The molecular weight excluding hydrogens is 350 g/mol. The van der Waals surface area contributed by atoms with Crippen LogP contribution in [0.15, 0.2) is 29.3 Å². The number of likely N-dealkylation sites (tertiary alicyclic amines) is 1. The van der Waals surface area contributed by atoms with Gasteiger partial charge in [0.2, 0.25) is 0 Å². The lowest BCUT2D eigenvalue weighted by atomic mass is 10.0. The van der Waals surface area contributed by atoms with E-state index in [9.17, 15) is 0 Å². The topological polar surface area (TPSA) is 52.1 Å². The SMILES string of the molecule is CN=C(NCCN1CCOCC1)NCc1ccc(CN2CCCCC2C)cc1. The fourth-order valence-electron chi connectivity index (χ4n) is 3.95. The Balaban J connectivity index is 1.38. The van der Waals surface area contributed by atoms with Gasteiger partial charge in [-0.1, -0.05) is 30.7 Å². The lowest BCUT2D eigenvalue weighted by molar-refractivity contribution is 0.0389. The molecule has 0 amide bonds. The Hall–Kier alpha value is -1.63. The molecule has 1 atom stereocenters. The van der Waals surface area contributed by atoms with E-state index in [4.69, 9.17) is 4.74 Å². The number of aliphatic imine (C=N–C) groups is 1. The number of hydrogen-bond acceptors (Lipinski definition) is 4. The Bertz CT molecular complexity index is 597. The largest absolute Gasteiger partial charge is 0.379 e. The molecule has 0 radical (unpaired) electrons. The monoisotopic (exact) mass is 387 g/mol. The molecule has 0 bridgehead atoms. The summed E-state index contributed by atoms with van der Waals surface area (Å²) in [5, 5.41) is 6.82. The van der Waals surface area contributed by atoms with E-state index in [-0.39, 0.29) is 0 Å². The fraction of sp³-hybridized carbons (Fsp3) is 0.682. The van der Waals surface area contributed by atoms with Crippen molar-refractivity contribution in [1.82, 2.24) is 20.4 Å². The highest BCUT2D eigenvalue weighted by Gasteiger charge is 2.17. The maximum Gasteiger partial charge on any atom is 0.191 e. The van der Waals surface area contributed by atoms with E-state index < -0.39 is 0 Å². The van der Waals surface area contributed by atoms with Crippen LogP contribution in [0, 0.1) is 0 Å². The first-order chi connectivity index (χ1) is 13.7. The second kappa shape index (κ2) is 11.4.